The molecule has 2 rings (SSSR count). The number of hydrogen-bond donors (Lipinski definition) is 0. The molecule has 1 aromatic carbocycles. The van der Waals surface area contributed by atoms with E-state index in [-0.39, 0.29) is 5.92 Å². The average molecular weight is 258 g/mol. The van der Waals surface area contributed by atoms with Crippen molar-refractivity contribution in [1.82, 2.24) is 0 Å². The molecule has 1 unspecified atom stereocenters. The Kier molecular flexibility index (Phi) is 5.83. The third kappa shape index (κ3) is 4.99. The van der Waals surface area contributed by atoms with E-state index < -0.39 is 0 Å². The van der Waals surface area contributed by atoms with Crippen molar-refractivity contribution in [2.24, 2.45) is 5.92 Å². The number of carbonyl (C=O) groups excluding carboxylic acids is 1. The number of carbonyl (C=O) groups is 1. The second kappa shape index (κ2) is 7.90. The Morgan fingerprint density at radius 2 is 2.00 bits per heavy atom. The summed E-state index contributed by atoms with van der Waals surface area (Å²) in [6.07, 6.45) is 9.14. The first kappa shape index (κ1) is 14.0. The molecule has 1 fully saturated rings. The van der Waals surface area contributed by atoms with Crippen molar-refractivity contribution >= 4 is 5.78 Å². The third-order valence-corrected chi connectivity index (χ3v) is 3.59. The summed E-state index contributed by atoms with van der Waals surface area (Å²) in [5, 5.41) is 0. The summed E-state index contributed by atoms with van der Waals surface area (Å²) in [4.78, 5) is 11.6. The van der Waals surface area contributed by atoms with Gasteiger partial charge in [-0.3, -0.25) is 4.79 Å². The number of benzene rings is 1. The number of rotatable bonds is 6. The van der Waals surface area contributed by atoms with Crippen LogP contribution >= 0.6 is 0 Å². The van der Waals surface area contributed by atoms with Gasteiger partial charge in [0.15, 0.2) is 0 Å². The normalized spacial score (nSPS) is 20.0. The Bertz CT molecular complexity index is 409. The molecule has 0 saturated heterocycles. The first-order valence-corrected chi connectivity index (χ1v) is 7.15. The van der Waals surface area contributed by atoms with E-state index in [0.29, 0.717) is 19.0 Å². The van der Waals surface area contributed by atoms with E-state index in [0.717, 1.165) is 25.7 Å². The van der Waals surface area contributed by atoms with E-state index in [2.05, 4.69) is 18.2 Å². The summed E-state index contributed by atoms with van der Waals surface area (Å²) >= 11 is 0. The van der Waals surface area contributed by atoms with Gasteiger partial charge in [-0.25, -0.2) is 0 Å². The quantitative estimate of drug-likeness (QED) is 0.571. The zero-order valence-corrected chi connectivity index (χ0v) is 11.4. The first-order chi connectivity index (χ1) is 9.36. The summed E-state index contributed by atoms with van der Waals surface area (Å²) in [6, 6.07) is 10.2. The van der Waals surface area contributed by atoms with E-state index in [1.807, 2.05) is 24.3 Å². The van der Waals surface area contributed by atoms with Crippen LogP contribution in [-0.2, 0) is 16.1 Å². The molecule has 19 heavy (non-hydrogen) atoms. The molecule has 0 N–H and O–H groups in total. The summed E-state index contributed by atoms with van der Waals surface area (Å²) in [6.45, 7) is 1.27. The topological polar surface area (TPSA) is 26.3 Å². The van der Waals surface area contributed by atoms with Crippen LogP contribution < -0.4 is 0 Å². The zero-order valence-electron chi connectivity index (χ0n) is 11.4. The van der Waals surface area contributed by atoms with E-state index >= 15 is 0 Å². The van der Waals surface area contributed by atoms with E-state index in [9.17, 15) is 4.79 Å². The number of allylic oxidation sites excluding steroid dienone is 1. The molecule has 1 aromatic rings. The van der Waals surface area contributed by atoms with Crippen LogP contribution in [0.3, 0.4) is 0 Å². The lowest BCUT2D eigenvalue weighted by Crippen LogP contribution is -2.18. The van der Waals surface area contributed by atoms with Gasteiger partial charge < -0.3 is 4.74 Å². The van der Waals surface area contributed by atoms with Gasteiger partial charge in [0.2, 0.25) is 0 Å². The van der Waals surface area contributed by atoms with Crippen LogP contribution in [0.25, 0.3) is 0 Å². The molecular weight excluding hydrogens is 236 g/mol. The van der Waals surface area contributed by atoms with Crippen molar-refractivity contribution in [3.8, 4) is 0 Å². The second-order valence-electron chi connectivity index (χ2n) is 5.12. The molecule has 0 heterocycles. The molecule has 0 spiro atoms. The minimum absolute atomic E-state index is 0.263. The van der Waals surface area contributed by atoms with Crippen LogP contribution in [0, 0.1) is 5.92 Å². The monoisotopic (exact) mass is 258 g/mol. The molecule has 1 aliphatic rings. The van der Waals surface area contributed by atoms with Gasteiger partial charge in [-0.15, -0.1) is 0 Å². The molecule has 2 nitrogen and oxygen atoms in total. The van der Waals surface area contributed by atoms with Crippen molar-refractivity contribution < 1.29 is 9.53 Å². The van der Waals surface area contributed by atoms with Gasteiger partial charge in [0.1, 0.15) is 5.78 Å². The van der Waals surface area contributed by atoms with Gasteiger partial charge in [0.25, 0.3) is 0 Å². The molecule has 102 valence electrons. The maximum absolute atomic E-state index is 11.6. The van der Waals surface area contributed by atoms with E-state index in [4.69, 9.17) is 4.74 Å². The van der Waals surface area contributed by atoms with Crippen LogP contribution in [0.1, 0.15) is 37.7 Å². The lowest BCUT2D eigenvalue weighted by Gasteiger charge is -2.18. The largest absolute Gasteiger partial charge is 0.373 e. The zero-order chi connectivity index (χ0) is 13.3. The predicted molar refractivity (Wildman–Crippen MR) is 76.8 cm³/mol. The standard InChI is InChI=1S/C17H22O2/c18-17-12-5-4-10-16(17)11-6-7-13-19-14-15-8-2-1-3-9-15/h1-3,6-9,16H,4-5,10-14H2/b7-6-. The summed E-state index contributed by atoms with van der Waals surface area (Å²) < 4.78 is 5.56. The van der Waals surface area contributed by atoms with Crippen LogP contribution in [0.15, 0.2) is 42.5 Å². The predicted octanol–water partition coefficient (Wildman–Crippen LogP) is 3.91. The van der Waals surface area contributed by atoms with Gasteiger partial charge >= 0.3 is 0 Å². The van der Waals surface area contributed by atoms with E-state index in [1.54, 1.807) is 0 Å². The molecule has 0 bridgehead atoms. The Balaban J connectivity index is 1.60. The minimum Gasteiger partial charge on any atom is -0.373 e. The summed E-state index contributed by atoms with van der Waals surface area (Å²) in [5.41, 5.74) is 1.19. The van der Waals surface area contributed by atoms with Crippen LogP contribution in [-0.4, -0.2) is 12.4 Å². The van der Waals surface area contributed by atoms with Crippen LogP contribution in [0.4, 0.5) is 0 Å². The molecule has 1 aliphatic carbocycles. The number of hydrogen-bond acceptors (Lipinski definition) is 2. The number of ketones is 1. The molecular formula is C17H22O2. The molecule has 0 aliphatic heterocycles. The molecule has 2 heteroatoms. The van der Waals surface area contributed by atoms with Crippen molar-refractivity contribution in [3.05, 3.63) is 48.0 Å². The molecule has 1 atom stereocenters. The van der Waals surface area contributed by atoms with E-state index in [1.165, 1.54) is 12.0 Å². The number of ether oxygens (including phenoxy) is 1. The Hall–Kier alpha value is -1.41. The minimum atomic E-state index is 0.263. The van der Waals surface area contributed by atoms with Gasteiger partial charge in [-0.2, -0.15) is 0 Å². The van der Waals surface area contributed by atoms with Crippen LogP contribution in [0.2, 0.25) is 0 Å². The highest BCUT2D eigenvalue weighted by atomic mass is 16.5. The maximum Gasteiger partial charge on any atom is 0.136 e. The molecule has 1 saturated carbocycles. The highest BCUT2D eigenvalue weighted by Crippen LogP contribution is 2.23. The highest BCUT2D eigenvalue weighted by Gasteiger charge is 2.20. The fourth-order valence-corrected chi connectivity index (χ4v) is 2.45. The SMILES string of the molecule is O=C1CCCCC1C/C=C\COCc1ccccc1. The smallest absolute Gasteiger partial charge is 0.136 e. The fourth-order valence-electron chi connectivity index (χ4n) is 2.45. The molecule has 0 amide bonds. The van der Waals surface area contributed by atoms with Gasteiger partial charge in [-0.1, -0.05) is 48.9 Å². The lowest BCUT2D eigenvalue weighted by molar-refractivity contribution is -0.124. The molecule has 0 aromatic heterocycles. The molecule has 0 radical (unpaired) electrons. The highest BCUT2D eigenvalue weighted by molar-refractivity contribution is 5.81. The average Bonchev–Trinajstić information content (AvgIpc) is 2.45. The first-order valence-electron chi connectivity index (χ1n) is 7.15. The fraction of sp³-hybridized carbons (Fsp3) is 0.471. The Labute approximate surface area is 115 Å². The maximum atomic E-state index is 11.6. The van der Waals surface area contributed by atoms with Crippen LogP contribution in [0.5, 0.6) is 0 Å². The van der Waals surface area contributed by atoms with Gasteiger partial charge in [0.05, 0.1) is 13.2 Å². The Morgan fingerprint density at radius 3 is 2.79 bits per heavy atom. The van der Waals surface area contributed by atoms with Crippen molar-refractivity contribution in [2.75, 3.05) is 6.61 Å². The van der Waals surface area contributed by atoms with Crippen molar-refractivity contribution in [1.29, 1.82) is 0 Å². The Morgan fingerprint density at radius 1 is 1.16 bits per heavy atom. The van der Waals surface area contributed by atoms with Gasteiger partial charge in [-0.05, 0) is 24.8 Å². The lowest BCUT2D eigenvalue weighted by atomic mass is 9.86. The summed E-state index contributed by atoms with van der Waals surface area (Å²) in [5.74, 6) is 0.709. The number of Topliss-reactive ketones (excluding diaryl/α,β-unsaturated/α-hetero) is 1. The second-order valence-corrected chi connectivity index (χ2v) is 5.12. The third-order valence-electron chi connectivity index (χ3n) is 3.59. The van der Waals surface area contributed by atoms with Gasteiger partial charge in [0, 0.05) is 12.3 Å². The van der Waals surface area contributed by atoms with Crippen molar-refractivity contribution in [2.45, 2.75) is 38.7 Å². The van der Waals surface area contributed by atoms with Crippen molar-refractivity contribution in [3.63, 3.8) is 0 Å². The summed E-state index contributed by atoms with van der Waals surface area (Å²) in [7, 11) is 0.